The van der Waals surface area contributed by atoms with Gasteiger partial charge in [0.1, 0.15) is 4.90 Å². The van der Waals surface area contributed by atoms with Gasteiger partial charge in [-0.1, -0.05) is 12.1 Å². The summed E-state index contributed by atoms with van der Waals surface area (Å²) < 4.78 is 26.7. The number of nitrogens with one attached hydrogen (secondary N) is 1. The van der Waals surface area contributed by atoms with Crippen molar-refractivity contribution in [1.82, 2.24) is 4.98 Å². The van der Waals surface area contributed by atoms with E-state index >= 15 is 0 Å². The molecule has 0 unspecified atom stereocenters. The minimum Gasteiger partial charge on any atom is -0.398 e. The van der Waals surface area contributed by atoms with Gasteiger partial charge in [-0.3, -0.25) is 9.71 Å². The van der Waals surface area contributed by atoms with Gasteiger partial charge < -0.3 is 5.73 Å². The SMILES string of the molecule is Cc1cccc(NS(=O)(=O)c2cnccc2N)c1. The van der Waals surface area contributed by atoms with Gasteiger partial charge in [-0.05, 0) is 30.7 Å². The molecule has 0 saturated heterocycles. The molecule has 0 aliphatic heterocycles. The molecule has 0 fully saturated rings. The van der Waals surface area contributed by atoms with Crippen molar-refractivity contribution in [3.8, 4) is 0 Å². The normalized spacial score (nSPS) is 11.2. The Morgan fingerprint density at radius 2 is 2.06 bits per heavy atom. The lowest BCUT2D eigenvalue weighted by Gasteiger charge is -2.09. The first-order valence-electron chi connectivity index (χ1n) is 5.28. The Labute approximate surface area is 106 Å². The van der Waals surface area contributed by atoms with Crippen LogP contribution in [0.4, 0.5) is 11.4 Å². The van der Waals surface area contributed by atoms with Gasteiger partial charge in [0, 0.05) is 18.1 Å². The molecule has 1 heterocycles. The number of anilines is 2. The maximum atomic E-state index is 12.1. The third-order valence-electron chi connectivity index (χ3n) is 2.38. The van der Waals surface area contributed by atoms with Gasteiger partial charge >= 0.3 is 0 Å². The summed E-state index contributed by atoms with van der Waals surface area (Å²) in [4.78, 5) is 3.75. The summed E-state index contributed by atoms with van der Waals surface area (Å²) in [6.45, 7) is 1.89. The van der Waals surface area contributed by atoms with E-state index in [9.17, 15) is 8.42 Å². The summed E-state index contributed by atoms with van der Waals surface area (Å²) in [6, 6.07) is 8.53. The molecule has 0 saturated carbocycles. The lowest BCUT2D eigenvalue weighted by Crippen LogP contribution is -2.15. The third-order valence-corrected chi connectivity index (χ3v) is 3.80. The second-order valence-electron chi connectivity index (χ2n) is 3.89. The van der Waals surface area contributed by atoms with E-state index in [-0.39, 0.29) is 10.6 Å². The molecule has 0 radical (unpaired) electrons. The molecule has 0 aliphatic rings. The summed E-state index contributed by atoms with van der Waals surface area (Å²) >= 11 is 0. The molecule has 94 valence electrons. The number of rotatable bonds is 3. The van der Waals surface area contributed by atoms with Crippen LogP contribution in [0.15, 0.2) is 47.6 Å². The topological polar surface area (TPSA) is 85.1 Å². The van der Waals surface area contributed by atoms with Crippen LogP contribution in [-0.4, -0.2) is 13.4 Å². The molecular formula is C12H13N3O2S. The molecule has 5 nitrogen and oxygen atoms in total. The van der Waals surface area contributed by atoms with Crippen molar-refractivity contribution >= 4 is 21.4 Å². The van der Waals surface area contributed by atoms with E-state index in [1.165, 1.54) is 18.5 Å². The van der Waals surface area contributed by atoms with E-state index in [0.29, 0.717) is 5.69 Å². The largest absolute Gasteiger partial charge is 0.398 e. The average molecular weight is 263 g/mol. The van der Waals surface area contributed by atoms with Crippen LogP contribution >= 0.6 is 0 Å². The standard InChI is InChI=1S/C12H13N3O2S/c1-9-3-2-4-10(7-9)15-18(16,17)12-8-14-6-5-11(12)13/h2-8,15H,1H3,(H2,13,14). The Morgan fingerprint density at radius 1 is 1.28 bits per heavy atom. The molecule has 0 aliphatic carbocycles. The maximum Gasteiger partial charge on any atom is 0.265 e. The van der Waals surface area contributed by atoms with Gasteiger partial charge in [0.05, 0.1) is 5.69 Å². The highest BCUT2D eigenvalue weighted by Gasteiger charge is 2.17. The second-order valence-corrected chi connectivity index (χ2v) is 5.54. The van der Waals surface area contributed by atoms with E-state index in [1.54, 1.807) is 18.2 Å². The molecule has 2 rings (SSSR count). The zero-order valence-corrected chi connectivity index (χ0v) is 10.6. The summed E-state index contributed by atoms with van der Waals surface area (Å²) in [5, 5.41) is 0. The number of hydrogen-bond donors (Lipinski definition) is 2. The minimum atomic E-state index is -3.70. The number of aryl methyl sites for hydroxylation is 1. The van der Waals surface area contributed by atoms with E-state index in [4.69, 9.17) is 5.73 Å². The van der Waals surface area contributed by atoms with Crippen LogP contribution in [0.3, 0.4) is 0 Å². The molecule has 2 aromatic rings. The van der Waals surface area contributed by atoms with Crippen LogP contribution in [0, 0.1) is 6.92 Å². The van der Waals surface area contributed by atoms with E-state index in [0.717, 1.165) is 5.56 Å². The van der Waals surface area contributed by atoms with Crippen LogP contribution in [-0.2, 0) is 10.0 Å². The number of pyridine rings is 1. The number of sulfonamides is 1. The summed E-state index contributed by atoms with van der Waals surface area (Å²) in [5.74, 6) is 0. The lowest BCUT2D eigenvalue weighted by atomic mass is 10.2. The predicted molar refractivity (Wildman–Crippen MR) is 70.6 cm³/mol. The zero-order chi connectivity index (χ0) is 13.2. The summed E-state index contributed by atoms with van der Waals surface area (Å²) in [6.07, 6.45) is 2.68. The van der Waals surface area contributed by atoms with Gasteiger partial charge in [0.15, 0.2) is 0 Å². The summed E-state index contributed by atoms with van der Waals surface area (Å²) in [5.41, 5.74) is 7.27. The highest BCUT2D eigenvalue weighted by molar-refractivity contribution is 7.92. The number of aromatic nitrogens is 1. The van der Waals surface area contributed by atoms with Crippen molar-refractivity contribution in [2.24, 2.45) is 0 Å². The van der Waals surface area contributed by atoms with Gasteiger partial charge in [0.2, 0.25) is 0 Å². The first kappa shape index (κ1) is 12.4. The molecule has 1 aromatic carbocycles. The Kier molecular flexibility index (Phi) is 3.20. The van der Waals surface area contributed by atoms with Gasteiger partial charge in [-0.2, -0.15) is 0 Å². The van der Waals surface area contributed by atoms with Crippen LogP contribution in [0.25, 0.3) is 0 Å². The fraction of sp³-hybridized carbons (Fsp3) is 0.0833. The van der Waals surface area contributed by atoms with Crippen molar-refractivity contribution in [3.05, 3.63) is 48.3 Å². The monoisotopic (exact) mass is 263 g/mol. The number of nitrogens with zero attached hydrogens (tertiary/aromatic N) is 1. The second kappa shape index (κ2) is 4.66. The Hall–Kier alpha value is -2.08. The lowest BCUT2D eigenvalue weighted by molar-refractivity contribution is 0.601. The van der Waals surface area contributed by atoms with E-state index in [1.807, 2.05) is 13.0 Å². The molecule has 0 atom stereocenters. The smallest absolute Gasteiger partial charge is 0.265 e. The van der Waals surface area contributed by atoms with Crippen molar-refractivity contribution < 1.29 is 8.42 Å². The molecule has 3 N–H and O–H groups in total. The van der Waals surface area contributed by atoms with Crippen LogP contribution in [0.1, 0.15) is 5.56 Å². The zero-order valence-electron chi connectivity index (χ0n) is 9.79. The fourth-order valence-electron chi connectivity index (χ4n) is 1.53. The first-order chi connectivity index (χ1) is 8.49. The molecular weight excluding hydrogens is 250 g/mol. The van der Waals surface area contributed by atoms with Gasteiger partial charge in [-0.15, -0.1) is 0 Å². The molecule has 0 amide bonds. The maximum absolute atomic E-state index is 12.1. The Bertz CT molecular complexity index is 669. The van der Waals surface area contributed by atoms with Crippen LogP contribution in [0.2, 0.25) is 0 Å². The highest BCUT2D eigenvalue weighted by atomic mass is 32.2. The molecule has 0 bridgehead atoms. The van der Waals surface area contributed by atoms with Crippen LogP contribution in [0.5, 0.6) is 0 Å². The highest BCUT2D eigenvalue weighted by Crippen LogP contribution is 2.20. The number of hydrogen-bond acceptors (Lipinski definition) is 4. The quantitative estimate of drug-likeness (QED) is 0.883. The molecule has 6 heteroatoms. The minimum absolute atomic E-state index is 0.0218. The van der Waals surface area contributed by atoms with Crippen molar-refractivity contribution in [2.45, 2.75) is 11.8 Å². The van der Waals surface area contributed by atoms with Crippen molar-refractivity contribution in [1.29, 1.82) is 0 Å². The van der Waals surface area contributed by atoms with E-state index < -0.39 is 10.0 Å². The first-order valence-corrected chi connectivity index (χ1v) is 6.76. The fourth-order valence-corrected chi connectivity index (χ4v) is 2.66. The van der Waals surface area contributed by atoms with Gasteiger partial charge in [0.25, 0.3) is 10.0 Å². The van der Waals surface area contributed by atoms with Crippen molar-refractivity contribution in [2.75, 3.05) is 10.5 Å². The number of nitrogen functional groups attached to an aromatic ring is 1. The van der Waals surface area contributed by atoms with Crippen LogP contribution < -0.4 is 10.5 Å². The average Bonchev–Trinajstić information content (AvgIpc) is 2.28. The van der Waals surface area contributed by atoms with E-state index in [2.05, 4.69) is 9.71 Å². The number of nitrogens with two attached hydrogens (primary N) is 1. The molecule has 18 heavy (non-hydrogen) atoms. The van der Waals surface area contributed by atoms with Crippen molar-refractivity contribution in [3.63, 3.8) is 0 Å². The Morgan fingerprint density at radius 3 is 2.72 bits per heavy atom. The summed E-state index contributed by atoms with van der Waals surface area (Å²) in [7, 11) is -3.70. The Balaban J connectivity index is 2.37. The predicted octanol–water partition coefficient (Wildman–Crippen LogP) is 1.77. The van der Waals surface area contributed by atoms with Gasteiger partial charge in [-0.25, -0.2) is 8.42 Å². The molecule has 1 aromatic heterocycles. The molecule has 0 spiro atoms. The number of benzene rings is 1. The third kappa shape index (κ3) is 2.60.